The van der Waals surface area contributed by atoms with Gasteiger partial charge in [0.2, 0.25) is 5.91 Å². The molecular weight excluding hydrogens is 266 g/mol. The number of ether oxygens (including phenoxy) is 1. The largest absolute Gasteiger partial charge is 0.497 e. The van der Waals surface area contributed by atoms with Crippen LogP contribution in [0.5, 0.6) is 5.75 Å². The minimum Gasteiger partial charge on any atom is -0.497 e. The molecule has 5 nitrogen and oxygen atoms in total. The van der Waals surface area contributed by atoms with Gasteiger partial charge in [-0.05, 0) is 31.0 Å². The van der Waals surface area contributed by atoms with Crippen LogP contribution in [0.3, 0.4) is 0 Å². The van der Waals surface area contributed by atoms with Crippen molar-refractivity contribution in [2.45, 2.75) is 23.3 Å². The molecule has 0 aromatic heterocycles. The molecule has 2 N–H and O–H groups in total. The van der Waals surface area contributed by atoms with Crippen LogP contribution in [-0.2, 0) is 9.59 Å². The molecule has 1 aromatic carbocycles. The third kappa shape index (κ3) is 3.41. The number of nitrogens with one attached hydrogen (secondary N) is 1. The van der Waals surface area contributed by atoms with Crippen LogP contribution >= 0.6 is 11.8 Å². The number of amides is 1. The Hall–Kier alpha value is -1.69. The Balaban J connectivity index is 1.85. The summed E-state index contributed by atoms with van der Waals surface area (Å²) in [6.45, 7) is 0. The van der Waals surface area contributed by atoms with E-state index in [-0.39, 0.29) is 11.7 Å². The number of rotatable bonds is 6. The van der Waals surface area contributed by atoms with E-state index >= 15 is 0 Å². The maximum absolute atomic E-state index is 11.7. The topological polar surface area (TPSA) is 75.6 Å². The van der Waals surface area contributed by atoms with Crippen molar-refractivity contribution in [1.29, 1.82) is 0 Å². The summed E-state index contributed by atoms with van der Waals surface area (Å²) < 4.78 is 5.09. The molecule has 0 heterocycles. The van der Waals surface area contributed by atoms with Crippen molar-refractivity contribution in [3.05, 3.63) is 24.3 Å². The molecule has 1 fully saturated rings. The van der Waals surface area contributed by atoms with Crippen LogP contribution in [0, 0.1) is 0 Å². The maximum Gasteiger partial charge on any atom is 0.329 e. The van der Waals surface area contributed by atoms with Gasteiger partial charge in [-0.3, -0.25) is 4.79 Å². The molecule has 19 heavy (non-hydrogen) atoms. The van der Waals surface area contributed by atoms with E-state index in [0.717, 1.165) is 10.6 Å². The lowest BCUT2D eigenvalue weighted by molar-refractivity contribution is -0.142. The van der Waals surface area contributed by atoms with Gasteiger partial charge in [0.1, 0.15) is 11.3 Å². The molecule has 1 aliphatic rings. The van der Waals surface area contributed by atoms with E-state index in [2.05, 4.69) is 5.32 Å². The summed E-state index contributed by atoms with van der Waals surface area (Å²) in [7, 11) is 1.58. The number of methoxy groups -OCH3 is 1. The predicted octanol–water partition coefficient (Wildman–Crippen LogP) is 1.52. The maximum atomic E-state index is 11.7. The summed E-state index contributed by atoms with van der Waals surface area (Å²) in [6, 6.07) is 7.39. The summed E-state index contributed by atoms with van der Waals surface area (Å²) in [5.74, 6) is -0.281. The first kappa shape index (κ1) is 13.7. The Bertz CT molecular complexity index is 499. The molecule has 102 valence electrons. The van der Waals surface area contributed by atoms with Crippen molar-refractivity contribution >= 4 is 23.6 Å². The van der Waals surface area contributed by atoms with Crippen LogP contribution in [0.4, 0.5) is 0 Å². The summed E-state index contributed by atoms with van der Waals surface area (Å²) >= 11 is 1.35. The Kier molecular flexibility index (Phi) is 3.99. The smallest absolute Gasteiger partial charge is 0.329 e. The van der Waals surface area contributed by atoms with Crippen molar-refractivity contribution in [2.24, 2.45) is 0 Å². The van der Waals surface area contributed by atoms with Crippen molar-refractivity contribution in [3.8, 4) is 5.75 Å². The second-order valence-corrected chi connectivity index (χ2v) is 5.45. The Labute approximate surface area is 115 Å². The van der Waals surface area contributed by atoms with Crippen LogP contribution in [0.15, 0.2) is 29.2 Å². The SMILES string of the molecule is COc1cccc(SCC(=O)NC2(C(=O)O)CC2)c1. The number of hydrogen-bond donors (Lipinski definition) is 2. The molecule has 1 aromatic rings. The summed E-state index contributed by atoms with van der Waals surface area (Å²) in [5, 5.41) is 11.5. The molecule has 2 rings (SSSR count). The fraction of sp³-hybridized carbons (Fsp3) is 0.385. The third-order valence-electron chi connectivity index (χ3n) is 2.95. The summed E-state index contributed by atoms with van der Waals surface area (Å²) in [4.78, 5) is 23.6. The van der Waals surface area contributed by atoms with Crippen LogP contribution in [0.2, 0.25) is 0 Å². The summed E-state index contributed by atoms with van der Waals surface area (Å²) in [6.07, 6.45) is 1.02. The van der Waals surface area contributed by atoms with Crippen molar-refractivity contribution in [2.75, 3.05) is 12.9 Å². The highest BCUT2D eigenvalue weighted by Crippen LogP contribution is 2.35. The molecule has 1 amide bonds. The molecule has 0 saturated heterocycles. The van der Waals surface area contributed by atoms with Crippen LogP contribution in [0.25, 0.3) is 0 Å². The first-order valence-corrected chi connectivity index (χ1v) is 6.85. The van der Waals surface area contributed by atoms with Crippen molar-refractivity contribution in [3.63, 3.8) is 0 Å². The molecule has 0 bridgehead atoms. The zero-order valence-electron chi connectivity index (χ0n) is 10.5. The molecule has 0 radical (unpaired) electrons. The van der Waals surface area contributed by atoms with Gasteiger partial charge in [-0.1, -0.05) is 6.07 Å². The third-order valence-corrected chi connectivity index (χ3v) is 3.94. The van der Waals surface area contributed by atoms with E-state index in [1.165, 1.54) is 11.8 Å². The number of hydrogen-bond acceptors (Lipinski definition) is 4. The molecular formula is C13H15NO4S. The van der Waals surface area contributed by atoms with E-state index in [1.54, 1.807) is 7.11 Å². The lowest BCUT2D eigenvalue weighted by atomic mass is 10.3. The van der Waals surface area contributed by atoms with E-state index in [4.69, 9.17) is 9.84 Å². The van der Waals surface area contributed by atoms with Gasteiger partial charge in [-0.25, -0.2) is 4.79 Å². The van der Waals surface area contributed by atoms with Crippen molar-refractivity contribution in [1.82, 2.24) is 5.32 Å². The number of thioether (sulfide) groups is 1. The normalized spacial score (nSPS) is 15.6. The number of carbonyl (C=O) groups excluding carboxylic acids is 1. The fourth-order valence-electron chi connectivity index (χ4n) is 1.66. The molecule has 0 aliphatic heterocycles. The van der Waals surface area contributed by atoms with E-state index in [0.29, 0.717) is 12.8 Å². The average molecular weight is 281 g/mol. The van der Waals surface area contributed by atoms with Crippen LogP contribution in [-0.4, -0.2) is 35.4 Å². The molecule has 0 unspecified atom stereocenters. The number of carboxylic acid groups (broad SMARTS) is 1. The molecule has 6 heteroatoms. The predicted molar refractivity (Wildman–Crippen MR) is 71.5 cm³/mol. The Morgan fingerprint density at radius 3 is 2.79 bits per heavy atom. The second-order valence-electron chi connectivity index (χ2n) is 4.40. The standard InChI is InChI=1S/C13H15NO4S/c1-18-9-3-2-4-10(7-9)19-8-11(15)14-13(5-6-13)12(16)17/h2-4,7H,5-6,8H2,1H3,(H,14,15)(H,16,17). The zero-order valence-corrected chi connectivity index (χ0v) is 11.3. The Morgan fingerprint density at radius 2 is 2.21 bits per heavy atom. The highest BCUT2D eigenvalue weighted by atomic mass is 32.2. The number of carbonyl (C=O) groups is 2. The highest BCUT2D eigenvalue weighted by molar-refractivity contribution is 8.00. The molecule has 1 aliphatic carbocycles. The summed E-state index contributed by atoms with van der Waals surface area (Å²) in [5.41, 5.74) is -1.01. The zero-order chi connectivity index (χ0) is 13.9. The van der Waals surface area contributed by atoms with Gasteiger partial charge < -0.3 is 15.2 Å². The van der Waals surface area contributed by atoms with Crippen LogP contribution < -0.4 is 10.1 Å². The fourth-order valence-corrected chi connectivity index (χ4v) is 2.40. The van der Waals surface area contributed by atoms with Gasteiger partial charge in [-0.15, -0.1) is 11.8 Å². The first-order valence-electron chi connectivity index (χ1n) is 5.87. The van der Waals surface area contributed by atoms with Crippen molar-refractivity contribution < 1.29 is 19.4 Å². The molecule has 1 saturated carbocycles. The van der Waals surface area contributed by atoms with Gasteiger partial charge in [-0.2, -0.15) is 0 Å². The second kappa shape index (κ2) is 5.52. The lowest BCUT2D eigenvalue weighted by Crippen LogP contribution is -2.43. The quantitative estimate of drug-likeness (QED) is 0.773. The number of aliphatic carboxylic acids is 1. The van der Waals surface area contributed by atoms with E-state index in [1.807, 2.05) is 24.3 Å². The first-order chi connectivity index (χ1) is 9.05. The molecule has 0 atom stereocenters. The van der Waals surface area contributed by atoms with Crippen LogP contribution in [0.1, 0.15) is 12.8 Å². The number of benzene rings is 1. The molecule has 0 spiro atoms. The average Bonchev–Trinajstić information content (AvgIpc) is 3.17. The van der Waals surface area contributed by atoms with Gasteiger partial charge in [0.25, 0.3) is 0 Å². The minimum atomic E-state index is -1.01. The van der Waals surface area contributed by atoms with Gasteiger partial charge in [0.15, 0.2) is 0 Å². The Morgan fingerprint density at radius 1 is 1.47 bits per heavy atom. The lowest BCUT2D eigenvalue weighted by Gasteiger charge is -2.12. The van der Waals surface area contributed by atoms with Gasteiger partial charge in [0.05, 0.1) is 12.9 Å². The minimum absolute atomic E-state index is 0.197. The highest BCUT2D eigenvalue weighted by Gasteiger charge is 2.51. The van der Waals surface area contributed by atoms with E-state index < -0.39 is 11.5 Å². The van der Waals surface area contributed by atoms with Gasteiger partial charge >= 0.3 is 5.97 Å². The monoisotopic (exact) mass is 281 g/mol. The number of carboxylic acids is 1. The van der Waals surface area contributed by atoms with E-state index in [9.17, 15) is 9.59 Å². The van der Waals surface area contributed by atoms with Gasteiger partial charge in [0, 0.05) is 4.90 Å².